The maximum atomic E-state index is 13.3. The zero-order valence-corrected chi connectivity index (χ0v) is 18.7. The second-order valence-electron chi connectivity index (χ2n) is 8.73. The van der Waals surface area contributed by atoms with Gasteiger partial charge in [0, 0.05) is 11.6 Å². The van der Waals surface area contributed by atoms with E-state index < -0.39 is 17.7 Å². The first-order chi connectivity index (χ1) is 15.3. The monoisotopic (exact) mass is 435 g/mol. The Morgan fingerprint density at radius 3 is 2.28 bits per heavy atom. The van der Waals surface area contributed by atoms with E-state index in [1.807, 2.05) is 19.9 Å². The summed E-state index contributed by atoms with van der Waals surface area (Å²) in [6.45, 7) is 3.71. The van der Waals surface area contributed by atoms with Crippen molar-refractivity contribution in [1.29, 1.82) is 0 Å². The first-order valence-corrected chi connectivity index (χ1v) is 11.1. The standard InChI is InChI=1S/C26H29NO5/c1-15-14-21(32-3)16(2)13-20(15)24(29)22-23(17-9-11-19(28)12-10-17)27(26(31)25(22)30)18-7-5-4-6-8-18/h9-14,18,23,28-29H,4-8H2,1-3H3/b24-22+. The molecule has 2 aromatic rings. The number of amides is 1. The molecule has 6 heteroatoms. The highest BCUT2D eigenvalue weighted by molar-refractivity contribution is 6.46. The molecule has 1 atom stereocenters. The minimum Gasteiger partial charge on any atom is -0.508 e. The molecule has 1 aliphatic heterocycles. The van der Waals surface area contributed by atoms with Crippen molar-refractivity contribution >= 4 is 17.4 Å². The van der Waals surface area contributed by atoms with Crippen molar-refractivity contribution in [1.82, 2.24) is 4.90 Å². The molecule has 1 aliphatic carbocycles. The Balaban J connectivity index is 1.90. The van der Waals surface area contributed by atoms with Gasteiger partial charge in [0.25, 0.3) is 11.7 Å². The number of carbonyl (C=O) groups is 2. The molecule has 0 bridgehead atoms. The number of phenols is 1. The highest BCUT2D eigenvalue weighted by Gasteiger charge is 2.49. The van der Waals surface area contributed by atoms with Crippen LogP contribution >= 0.6 is 0 Å². The van der Waals surface area contributed by atoms with Crippen molar-refractivity contribution in [2.24, 2.45) is 0 Å². The summed E-state index contributed by atoms with van der Waals surface area (Å²) in [4.78, 5) is 28.1. The number of rotatable bonds is 4. The molecule has 2 aromatic carbocycles. The maximum absolute atomic E-state index is 13.3. The van der Waals surface area contributed by atoms with Gasteiger partial charge < -0.3 is 19.8 Å². The lowest BCUT2D eigenvalue weighted by molar-refractivity contribution is -0.141. The summed E-state index contributed by atoms with van der Waals surface area (Å²) in [7, 11) is 1.59. The number of methoxy groups -OCH3 is 1. The molecule has 0 radical (unpaired) electrons. The molecule has 2 N–H and O–H groups in total. The topological polar surface area (TPSA) is 87.1 Å². The van der Waals surface area contributed by atoms with E-state index in [1.165, 1.54) is 0 Å². The summed E-state index contributed by atoms with van der Waals surface area (Å²) in [5.41, 5.74) is 2.87. The van der Waals surface area contributed by atoms with Gasteiger partial charge in [0.05, 0.1) is 18.7 Å². The summed E-state index contributed by atoms with van der Waals surface area (Å²) in [5.74, 6) is -0.622. The number of likely N-dealkylation sites (tertiary alicyclic amines) is 1. The fraction of sp³-hybridized carbons (Fsp3) is 0.385. The quantitative estimate of drug-likeness (QED) is 0.410. The number of aryl methyl sites for hydroxylation is 2. The molecule has 1 heterocycles. The summed E-state index contributed by atoms with van der Waals surface area (Å²) >= 11 is 0. The van der Waals surface area contributed by atoms with Gasteiger partial charge >= 0.3 is 0 Å². The van der Waals surface area contributed by atoms with Gasteiger partial charge in [0.1, 0.15) is 17.3 Å². The van der Waals surface area contributed by atoms with Crippen molar-refractivity contribution in [3.63, 3.8) is 0 Å². The van der Waals surface area contributed by atoms with Gasteiger partial charge in [-0.1, -0.05) is 31.4 Å². The van der Waals surface area contributed by atoms with Crippen LogP contribution in [0.25, 0.3) is 5.76 Å². The molecule has 168 valence electrons. The number of aromatic hydroxyl groups is 1. The van der Waals surface area contributed by atoms with E-state index in [1.54, 1.807) is 42.3 Å². The van der Waals surface area contributed by atoms with Crippen LogP contribution < -0.4 is 4.74 Å². The number of phenolic OH excluding ortho intramolecular Hbond substituents is 1. The van der Waals surface area contributed by atoms with E-state index in [2.05, 4.69) is 0 Å². The fourth-order valence-electron chi connectivity index (χ4n) is 4.98. The second kappa shape index (κ2) is 8.69. The van der Waals surface area contributed by atoms with E-state index in [4.69, 9.17) is 4.74 Å². The minimum atomic E-state index is -0.694. The van der Waals surface area contributed by atoms with Crippen molar-refractivity contribution in [2.45, 2.75) is 58.0 Å². The lowest BCUT2D eigenvalue weighted by Gasteiger charge is -2.35. The van der Waals surface area contributed by atoms with Crippen molar-refractivity contribution in [3.8, 4) is 11.5 Å². The van der Waals surface area contributed by atoms with Gasteiger partial charge in [-0.25, -0.2) is 0 Å². The smallest absolute Gasteiger partial charge is 0.295 e. The molecular formula is C26H29NO5. The SMILES string of the molecule is COc1cc(C)c(/C(O)=C2\C(=O)C(=O)N(C3CCCCC3)C2c2ccc(O)cc2)cc1C. The van der Waals surface area contributed by atoms with Gasteiger partial charge in [-0.15, -0.1) is 0 Å². The molecule has 2 fully saturated rings. The summed E-state index contributed by atoms with van der Waals surface area (Å²) < 4.78 is 5.37. The normalized spacial score (nSPS) is 21.2. The molecule has 6 nitrogen and oxygen atoms in total. The van der Waals surface area contributed by atoms with Crippen LogP contribution in [0.2, 0.25) is 0 Å². The van der Waals surface area contributed by atoms with Crippen LogP contribution in [0, 0.1) is 13.8 Å². The number of nitrogens with zero attached hydrogens (tertiary/aromatic N) is 1. The van der Waals surface area contributed by atoms with E-state index in [9.17, 15) is 19.8 Å². The lowest BCUT2D eigenvalue weighted by Crippen LogP contribution is -2.40. The fourth-order valence-corrected chi connectivity index (χ4v) is 4.98. The summed E-state index contributed by atoms with van der Waals surface area (Å²) in [6.07, 6.45) is 4.80. The van der Waals surface area contributed by atoms with Crippen molar-refractivity contribution in [3.05, 3.63) is 64.2 Å². The lowest BCUT2D eigenvalue weighted by atomic mass is 9.90. The summed E-state index contributed by atoms with van der Waals surface area (Å²) in [6, 6.07) is 9.35. The molecule has 1 unspecified atom stereocenters. The number of ketones is 1. The molecule has 0 aromatic heterocycles. The van der Waals surface area contributed by atoms with Gasteiger partial charge in [-0.2, -0.15) is 0 Å². The number of carbonyl (C=O) groups excluding carboxylic acids is 2. The third kappa shape index (κ3) is 3.74. The maximum Gasteiger partial charge on any atom is 0.295 e. The molecule has 2 aliphatic rings. The number of aliphatic hydroxyl groups is 1. The molecule has 4 rings (SSSR count). The third-order valence-electron chi connectivity index (χ3n) is 6.65. The molecule has 1 saturated heterocycles. The Morgan fingerprint density at radius 1 is 1.00 bits per heavy atom. The Labute approximate surface area is 188 Å². The van der Waals surface area contributed by atoms with Gasteiger partial charge in [-0.3, -0.25) is 9.59 Å². The average molecular weight is 436 g/mol. The minimum absolute atomic E-state index is 0.0528. The van der Waals surface area contributed by atoms with E-state index in [0.717, 1.165) is 43.2 Å². The number of hydrogen-bond acceptors (Lipinski definition) is 5. The van der Waals surface area contributed by atoms with Crippen molar-refractivity contribution < 1.29 is 24.5 Å². The first-order valence-electron chi connectivity index (χ1n) is 11.1. The Morgan fingerprint density at radius 2 is 1.66 bits per heavy atom. The van der Waals surface area contributed by atoms with Crippen LogP contribution in [0.4, 0.5) is 0 Å². The highest BCUT2D eigenvalue weighted by Crippen LogP contribution is 2.44. The molecule has 1 amide bonds. The number of Topliss-reactive ketones (excluding diaryl/α,β-unsaturated/α-hetero) is 1. The molecule has 1 saturated carbocycles. The van der Waals surface area contributed by atoms with E-state index in [-0.39, 0.29) is 23.1 Å². The summed E-state index contributed by atoms with van der Waals surface area (Å²) in [5, 5.41) is 21.1. The average Bonchev–Trinajstić information content (AvgIpc) is 3.06. The van der Waals surface area contributed by atoms with Crippen LogP contribution in [0.5, 0.6) is 11.5 Å². The zero-order chi connectivity index (χ0) is 23.0. The van der Waals surface area contributed by atoms with Crippen LogP contribution in [0.1, 0.15) is 60.4 Å². The number of hydrogen-bond donors (Lipinski definition) is 2. The van der Waals surface area contributed by atoms with Crippen LogP contribution in [0.15, 0.2) is 42.0 Å². The van der Waals surface area contributed by atoms with Gasteiger partial charge in [0.2, 0.25) is 0 Å². The van der Waals surface area contributed by atoms with E-state index >= 15 is 0 Å². The molecule has 32 heavy (non-hydrogen) atoms. The molecule has 0 spiro atoms. The Bertz CT molecular complexity index is 1080. The predicted molar refractivity (Wildman–Crippen MR) is 122 cm³/mol. The second-order valence-corrected chi connectivity index (χ2v) is 8.73. The number of ether oxygens (including phenoxy) is 1. The predicted octanol–water partition coefficient (Wildman–Crippen LogP) is 4.77. The molecular weight excluding hydrogens is 406 g/mol. The van der Waals surface area contributed by atoms with Crippen LogP contribution in [-0.2, 0) is 9.59 Å². The number of benzene rings is 2. The van der Waals surface area contributed by atoms with Crippen molar-refractivity contribution in [2.75, 3.05) is 7.11 Å². The van der Waals surface area contributed by atoms with Crippen LogP contribution in [-0.4, -0.2) is 40.0 Å². The van der Waals surface area contributed by atoms with Gasteiger partial charge in [-0.05, 0) is 67.6 Å². The Hall–Kier alpha value is -3.28. The highest BCUT2D eigenvalue weighted by atomic mass is 16.5. The van der Waals surface area contributed by atoms with Gasteiger partial charge in [0.15, 0.2) is 0 Å². The van der Waals surface area contributed by atoms with E-state index in [0.29, 0.717) is 16.9 Å². The third-order valence-corrected chi connectivity index (χ3v) is 6.65. The first kappa shape index (κ1) is 21.9. The largest absolute Gasteiger partial charge is 0.508 e. The zero-order valence-electron chi connectivity index (χ0n) is 18.7. The Kier molecular flexibility index (Phi) is 5.96. The number of aliphatic hydroxyl groups excluding tert-OH is 1. The van der Waals surface area contributed by atoms with Crippen LogP contribution in [0.3, 0.4) is 0 Å².